The summed E-state index contributed by atoms with van der Waals surface area (Å²) in [4.78, 5) is 4.27. The maximum atomic E-state index is 5.74. The predicted molar refractivity (Wildman–Crippen MR) is 63.6 cm³/mol. The van der Waals surface area contributed by atoms with Gasteiger partial charge in [0, 0.05) is 25.5 Å². The first kappa shape index (κ1) is 11.6. The van der Waals surface area contributed by atoms with Crippen molar-refractivity contribution in [3.05, 3.63) is 24.0 Å². The Kier molecular flexibility index (Phi) is 4.21. The monoisotopic (exact) mass is 208 g/mol. The molecular weight excluding hydrogens is 188 g/mol. The van der Waals surface area contributed by atoms with Crippen molar-refractivity contribution in [1.29, 1.82) is 0 Å². The lowest BCUT2D eigenvalue weighted by Crippen LogP contribution is -2.38. The third kappa shape index (κ3) is 4.06. The van der Waals surface area contributed by atoms with Crippen molar-refractivity contribution in [3.63, 3.8) is 0 Å². The molecule has 4 nitrogen and oxygen atoms in total. The zero-order chi connectivity index (χ0) is 11.3. The number of nitrogens with two attached hydrogens (primary N) is 1. The minimum absolute atomic E-state index is 0.379. The van der Waals surface area contributed by atoms with E-state index >= 15 is 0 Å². The average molecular weight is 208 g/mol. The van der Waals surface area contributed by atoms with Gasteiger partial charge in [0.25, 0.3) is 0 Å². The molecule has 1 heterocycles. The first-order valence-corrected chi connectivity index (χ1v) is 5.29. The summed E-state index contributed by atoms with van der Waals surface area (Å²) >= 11 is 0. The van der Waals surface area contributed by atoms with E-state index in [9.17, 15) is 0 Å². The number of rotatable bonds is 4. The van der Waals surface area contributed by atoms with Crippen LogP contribution in [0.4, 0.5) is 0 Å². The molecule has 3 N–H and O–H groups in total. The van der Waals surface area contributed by atoms with Crippen LogP contribution in [0.3, 0.4) is 0 Å². The van der Waals surface area contributed by atoms with Gasteiger partial charge in [-0.05, 0) is 25.0 Å². The predicted octanol–water partition coefficient (Wildman–Crippen LogP) is 1.23. The summed E-state index contributed by atoms with van der Waals surface area (Å²) in [6, 6.07) is 2.42. The Morgan fingerprint density at radius 3 is 2.93 bits per heavy atom. The summed E-state index contributed by atoms with van der Waals surface area (Å²) in [5, 5.41) is 3.13. The van der Waals surface area contributed by atoms with E-state index in [2.05, 4.69) is 24.2 Å². The van der Waals surface area contributed by atoms with Gasteiger partial charge in [-0.1, -0.05) is 6.92 Å². The molecule has 0 aliphatic rings. The maximum absolute atomic E-state index is 5.74. The first-order valence-electron chi connectivity index (χ1n) is 5.29. The molecule has 0 saturated heterocycles. The van der Waals surface area contributed by atoms with Gasteiger partial charge < -0.3 is 15.6 Å². The van der Waals surface area contributed by atoms with Gasteiger partial charge in [-0.3, -0.25) is 0 Å². The fourth-order valence-electron chi connectivity index (χ4n) is 1.23. The van der Waals surface area contributed by atoms with Crippen LogP contribution in [0.15, 0.2) is 23.5 Å². The second kappa shape index (κ2) is 5.44. The molecule has 1 aromatic heterocycles. The SMILES string of the molecule is CCC(C)NC(N)=NCc1ccn(C)c1. The molecule has 0 saturated carbocycles. The zero-order valence-electron chi connectivity index (χ0n) is 9.70. The molecule has 1 aromatic rings. The van der Waals surface area contributed by atoms with Gasteiger partial charge in [0.15, 0.2) is 5.96 Å². The topological polar surface area (TPSA) is 55.3 Å². The van der Waals surface area contributed by atoms with Crippen molar-refractivity contribution in [3.8, 4) is 0 Å². The van der Waals surface area contributed by atoms with Gasteiger partial charge in [0.05, 0.1) is 6.54 Å². The minimum Gasteiger partial charge on any atom is -0.370 e. The fourth-order valence-corrected chi connectivity index (χ4v) is 1.23. The van der Waals surface area contributed by atoms with E-state index in [1.807, 2.05) is 30.1 Å². The summed E-state index contributed by atoms with van der Waals surface area (Å²) in [5.41, 5.74) is 6.91. The van der Waals surface area contributed by atoms with Crippen molar-refractivity contribution in [2.45, 2.75) is 32.9 Å². The number of guanidine groups is 1. The standard InChI is InChI=1S/C11H20N4/c1-4-9(2)14-11(12)13-7-10-5-6-15(3)8-10/h5-6,8-9H,4,7H2,1-3H3,(H3,12,13,14). The molecule has 0 radical (unpaired) electrons. The van der Waals surface area contributed by atoms with Gasteiger partial charge in [0.2, 0.25) is 0 Å². The Bertz CT molecular complexity index is 327. The van der Waals surface area contributed by atoms with E-state index in [1.165, 1.54) is 5.56 Å². The number of hydrogen-bond donors (Lipinski definition) is 2. The summed E-state index contributed by atoms with van der Waals surface area (Å²) in [6.45, 7) is 4.84. The summed E-state index contributed by atoms with van der Waals surface area (Å²) < 4.78 is 2.00. The van der Waals surface area contributed by atoms with Crippen LogP contribution < -0.4 is 11.1 Å². The van der Waals surface area contributed by atoms with Crippen LogP contribution in [-0.2, 0) is 13.6 Å². The molecule has 4 heteroatoms. The largest absolute Gasteiger partial charge is 0.370 e. The Hall–Kier alpha value is -1.45. The lowest BCUT2D eigenvalue weighted by molar-refractivity contribution is 0.636. The minimum atomic E-state index is 0.379. The second-order valence-corrected chi connectivity index (χ2v) is 3.84. The van der Waals surface area contributed by atoms with Crippen LogP contribution in [0, 0.1) is 0 Å². The Morgan fingerprint density at radius 2 is 2.40 bits per heavy atom. The van der Waals surface area contributed by atoms with E-state index in [-0.39, 0.29) is 0 Å². The van der Waals surface area contributed by atoms with Crippen LogP contribution in [0.1, 0.15) is 25.8 Å². The number of nitrogens with one attached hydrogen (secondary N) is 1. The van der Waals surface area contributed by atoms with Gasteiger partial charge in [-0.15, -0.1) is 0 Å². The fraction of sp³-hybridized carbons (Fsp3) is 0.545. The maximum Gasteiger partial charge on any atom is 0.189 e. The molecule has 0 aromatic carbocycles. The summed E-state index contributed by atoms with van der Waals surface area (Å²) in [5.74, 6) is 0.521. The van der Waals surface area contributed by atoms with E-state index in [0.717, 1.165) is 6.42 Å². The highest BCUT2D eigenvalue weighted by molar-refractivity contribution is 5.78. The van der Waals surface area contributed by atoms with Crippen molar-refractivity contribution < 1.29 is 0 Å². The highest BCUT2D eigenvalue weighted by Gasteiger charge is 1.99. The summed E-state index contributed by atoms with van der Waals surface area (Å²) in [6.07, 6.45) is 5.09. The van der Waals surface area contributed by atoms with Crippen molar-refractivity contribution in [1.82, 2.24) is 9.88 Å². The van der Waals surface area contributed by atoms with Gasteiger partial charge in [-0.2, -0.15) is 0 Å². The Labute approximate surface area is 91.2 Å². The molecule has 1 rings (SSSR count). The lowest BCUT2D eigenvalue weighted by atomic mass is 10.3. The van der Waals surface area contributed by atoms with Crippen molar-refractivity contribution >= 4 is 5.96 Å². The van der Waals surface area contributed by atoms with Crippen LogP contribution in [0.25, 0.3) is 0 Å². The molecule has 0 fully saturated rings. The summed E-state index contributed by atoms with van der Waals surface area (Å²) in [7, 11) is 1.99. The first-order chi connectivity index (χ1) is 7.11. The van der Waals surface area contributed by atoms with Crippen LogP contribution >= 0.6 is 0 Å². The number of hydrogen-bond acceptors (Lipinski definition) is 1. The average Bonchev–Trinajstić information content (AvgIpc) is 2.61. The molecule has 1 unspecified atom stereocenters. The van der Waals surface area contributed by atoms with E-state index in [4.69, 9.17) is 5.73 Å². The molecule has 0 aliphatic carbocycles. The molecule has 1 atom stereocenters. The highest BCUT2D eigenvalue weighted by atomic mass is 15.1. The van der Waals surface area contributed by atoms with Gasteiger partial charge in [0.1, 0.15) is 0 Å². The molecular formula is C11H20N4. The zero-order valence-corrected chi connectivity index (χ0v) is 9.70. The molecule has 0 aliphatic heterocycles. The lowest BCUT2D eigenvalue weighted by Gasteiger charge is -2.11. The van der Waals surface area contributed by atoms with E-state index < -0.39 is 0 Å². The quantitative estimate of drug-likeness (QED) is 0.577. The van der Waals surface area contributed by atoms with Gasteiger partial charge >= 0.3 is 0 Å². The Balaban J connectivity index is 2.43. The molecule has 0 spiro atoms. The van der Waals surface area contributed by atoms with Crippen molar-refractivity contribution in [2.75, 3.05) is 0 Å². The van der Waals surface area contributed by atoms with Crippen LogP contribution in [0.5, 0.6) is 0 Å². The highest BCUT2D eigenvalue weighted by Crippen LogP contribution is 2.00. The second-order valence-electron chi connectivity index (χ2n) is 3.84. The smallest absolute Gasteiger partial charge is 0.189 e. The third-order valence-electron chi connectivity index (χ3n) is 2.33. The normalized spacial score (nSPS) is 13.9. The molecule has 0 bridgehead atoms. The van der Waals surface area contributed by atoms with Gasteiger partial charge in [-0.25, -0.2) is 4.99 Å². The Morgan fingerprint density at radius 1 is 1.67 bits per heavy atom. The third-order valence-corrected chi connectivity index (χ3v) is 2.33. The van der Waals surface area contributed by atoms with E-state index in [0.29, 0.717) is 18.5 Å². The molecule has 0 amide bonds. The number of aryl methyl sites for hydroxylation is 1. The van der Waals surface area contributed by atoms with Crippen molar-refractivity contribution in [2.24, 2.45) is 17.8 Å². The number of aliphatic imine (C=N–C) groups is 1. The number of aromatic nitrogens is 1. The molecule has 84 valence electrons. The number of nitrogens with zero attached hydrogens (tertiary/aromatic N) is 2. The molecule has 15 heavy (non-hydrogen) atoms. The van der Waals surface area contributed by atoms with E-state index in [1.54, 1.807) is 0 Å². The van der Waals surface area contributed by atoms with Crippen LogP contribution in [0.2, 0.25) is 0 Å². The van der Waals surface area contributed by atoms with Crippen LogP contribution in [-0.4, -0.2) is 16.6 Å².